The average Bonchev–Trinajstić information content (AvgIpc) is 1.85. The van der Waals surface area contributed by atoms with Gasteiger partial charge in [-0.05, 0) is 6.42 Å². The summed E-state index contributed by atoms with van der Waals surface area (Å²) in [5.74, 6) is -2.04. The second kappa shape index (κ2) is 4.45. The van der Waals surface area contributed by atoms with Crippen molar-refractivity contribution in [3.63, 3.8) is 0 Å². The zero-order valence-corrected chi connectivity index (χ0v) is 8.10. The molecule has 4 nitrogen and oxygen atoms in total. The van der Waals surface area contributed by atoms with Crippen LogP contribution >= 0.6 is 0 Å². The molecule has 12 heavy (non-hydrogen) atoms. The molecular formula is C7H14O4S. The third-order valence-electron chi connectivity index (χ3n) is 1.44. The lowest BCUT2D eigenvalue weighted by Gasteiger charge is -2.05. The maximum atomic E-state index is 11.1. The lowest BCUT2D eigenvalue weighted by Crippen LogP contribution is -2.22. The maximum absolute atomic E-state index is 11.1. The molecule has 0 aliphatic heterocycles. The number of hydrogen-bond donors (Lipinski definition) is 1. The highest BCUT2D eigenvalue weighted by Crippen LogP contribution is 2.03. The molecule has 5 heteroatoms. The largest absolute Gasteiger partial charge is 0.481 e. The highest BCUT2D eigenvalue weighted by atomic mass is 32.2. The summed E-state index contributed by atoms with van der Waals surface area (Å²) in [4.78, 5) is 10.3. The lowest BCUT2D eigenvalue weighted by atomic mass is 10.2. The van der Waals surface area contributed by atoms with E-state index in [0.29, 0.717) is 6.42 Å². The third kappa shape index (κ3) is 4.33. The predicted molar refractivity (Wildman–Crippen MR) is 45.7 cm³/mol. The fraction of sp³-hybridized carbons (Fsp3) is 0.857. The molecule has 1 N–H and O–H groups in total. The van der Waals surface area contributed by atoms with Crippen molar-refractivity contribution in [3.05, 3.63) is 0 Å². The van der Waals surface area contributed by atoms with Crippen LogP contribution in [0.5, 0.6) is 0 Å². The fourth-order valence-corrected chi connectivity index (χ4v) is 2.54. The topological polar surface area (TPSA) is 71.4 Å². The van der Waals surface area contributed by atoms with Crippen LogP contribution < -0.4 is 0 Å². The van der Waals surface area contributed by atoms with Gasteiger partial charge in [0.05, 0.1) is 11.7 Å². The molecular weight excluding hydrogens is 180 g/mol. The van der Waals surface area contributed by atoms with Crippen molar-refractivity contribution < 1.29 is 18.3 Å². The average molecular weight is 194 g/mol. The van der Waals surface area contributed by atoms with Crippen molar-refractivity contribution in [1.82, 2.24) is 0 Å². The first-order chi connectivity index (χ1) is 5.39. The molecule has 0 aromatic carbocycles. The number of carboxylic acids is 1. The van der Waals surface area contributed by atoms with Crippen molar-refractivity contribution in [3.8, 4) is 0 Å². The Morgan fingerprint density at radius 2 is 2.00 bits per heavy atom. The van der Waals surface area contributed by atoms with Crippen molar-refractivity contribution in [2.24, 2.45) is 5.92 Å². The maximum Gasteiger partial charge on any atom is 0.307 e. The summed E-state index contributed by atoms with van der Waals surface area (Å²) < 4.78 is 22.2. The van der Waals surface area contributed by atoms with Gasteiger partial charge in [-0.25, -0.2) is 8.42 Å². The molecule has 0 aromatic rings. The van der Waals surface area contributed by atoms with E-state index in [-0.39, 0.29) is 11.5 Å². The fourth-order valence-electron chi connectivity index (χ4n) is 0.847. The smallest absolute Gasteiger partial charge is 0.307 e. The molecule has 1 unspecified atom stereocenters. The molecule has 0 rings (SSSR count). The minimum absolute atomic E-state index is 0.0740. The Balaban J connectivity index is 4.16. The van der Waals surface area contributed by atoms with Crippen LogP contribution in [0.1, 0.15) is 20.3 Å². The first kappa shape index (κ1) is 11.4. The monoisotopic (exact) mass is 194 g/mol. The normalized spacial score (nSPS) is 14.2. The number of hydrogen-bond acceptors (Lipinski definition) is 3. The van der Waals surface area contributed by atoms with E-state index in [4.69, 9.17) is 5.11 Å². The van der Waals surface area contributed by atoms with E-state index in [1.165, 1.54) is 6.92 Å². The van der Waals surface area contributed by atoms with Crippen LogP contribution in [0.4, 0.5) is 0 Å². The van der Waals surface area contributed by atoms with Gasteiger partial charge in [-0.3, -0.25) is 4.79 Å². The Kier molecular flexibility index (Phi) is 4.23. The molecule has 0 amide bonds. The van der Waals surface area contributed by atoms with Crippen LogP contribution in [0.15, 0.2) is 0 Å². The summed E-state index contributed by atoms with van der Waals surface area (Å²) in [6, 6.07) is 0. The number of aliphatic carboxylic acids is 1. The van der Waals surface area contributed by atoms with Crippen molar-refractivity contribution in [2.45, 2.75) is 20.3 Å². The SMILES string of the molecule is CCCS(=O)(=O)CC(C)C(=O)O. The molecule has 0 radical (unpaired) electrons. The molecule has 0 saturated heterocycles. The molecule has 1 atom stereocenters. The molecule has 0 saturated carbocycles. The van der Waals surface area contributed by atoms with Gasteiger partial charge < -0.3 is 5.11 Å². The first-order valence-electron chi connectivity index (χ1n) is 3.82. The standard InChI is InChI=1S/C7H14O4S/c1-3-4-12(10,11)5-6(2)7(8)9/h6H,3-5H2,1-2H3,(H,8,9). The van der Waals surface area contributed by atoms with E-state index in [1.54, 1.807) is 6.92 Å². The summed E-state index contributed by atoms with van der Waals surface area (Å²) >= 11 is 0. The number of rotatable bonds is 5. The summed E-state index contributed by atoms with van der Waals surface area (Å²) in [6.45, 7) is 3.15. The Labute approximate surface area is 72.5 Å². The van der Waals surface area contributed by atoms with Gasteiger partial charge in [0.1, 0.15) is 0 Å². The zero-order valence-electron chi connectivity index (χ0n) is 7.28. The van der Waals surface area contributed by atoms with Crippen molar-refractivity contribution >= 4 is 15.8 Å². The molecule has 72 valence electrons. The lowest BCUT2D eigenvalue weighted by molar-refractivity contribution is -0.140. The minimum Gasteiger partial charge on any atom is -0.481 e. The van der Waals surface area contributed by atoms with Crippen LogP contribution in [0.3, 0.4) is 0 Å². The van der Waals surface area contributed by atoms with Crippen LogP contribution in [0.25, 0.3) is 0 Å². The zero-order chi connectivity index (χ0) is 9.78. The number of carboxylic acid groups (broad SMARTS) is 1. The van der Waals surface area contributed by atoms with Crippen LogP contribution in [0.2, 0.25) is 0 Å². The molecule has 0 aromatic heterocycles. The van der Waals surface area contributed by atoms with E-state index < -0.39 is 21.7 Å². The van der Waals surface area contributed by atoms with Gasteiger partial charge in [0.25, 0.3) is 0 Å². The van der Waals surface area contributed by atoms with Gasteiger partial charge in [-0.1, -0.05) is 13.8 Å². The Bertz CT molecular complexity index is 242. The summed E-state index contributed by atoms with van der Waals surface area (Å²) in [5.41, 5.74) is 0. The van der Waals surface area contributed by atoms with Gasteiger partial charge in [0, 0.05) is 5.75 Å². The first-order valence-corrected chi connectivity index (χ1v) is 5.64. The van der Waals surface area contributed by atoms with Crippen LogP contribution in [-0.4, -0.2) is 31.0 Å². The molecule has 0 fully saturated rings. The third-order valence-corrected chi connectivity index (χ3v) is 3.48. The second-order valence-electron chi connectivity index (χ2n) is 2.85. The highest BCUT2D eigenvalue weighted by molar-refractivity contribution is 7.91. The highest BCUT2D eigenvalue weighted by Gasteiger charge is 2.19. The van der Waals surface area contributed by atoms with Crippen molar-refractivity contribution in [2.75, 3.05) is 11.5 Å². The van der Waals surface area contributed by atoms with Crippen LogP contribution in [0, 0.1) is 5.92 Å². The van der Waals surface area contributed by atoms with Gasteiger partial charge in [0.15, 0.2) is 9.84 Å². The van der Waals surface area contributed by atoms with Gasteiger partial charge >= 0.3 is 5.97 Å². The van der Waals surface area contributed by atoms with Gasteiger partial charge in [0.2, 0.25) is 0 Å². The summed E-state index contributed by atoms with van der Waals surface area (Å²) in [7, 11) is -3.16. The minimum atomic E-state index is -3.16. The van der Waals surface area contributed by atoms with Gasteiger partial charge in [-0.2, -0.15) is 0 Å². The number of carbonyl (C=O) groups is 1. The quantitative estimate of drug-likeness (QED) is 0.693. The predicted octanol–water partition coefficient (Wildman–Crippen LogP) is 0.532. The van der Waals surface area contributed by atoms with E-state index in [2.05, 4.69) is 0 Å². The van der Waals surface area contributed by atoms with E-state index in [0.717, 1.165) is 0 Å². The van der Waals surface area contributed by atoms with Gasteiger partial charge in [-0.15, -0.1) is 0 Å². The Hall–Kier alpha value is -0.580. The van der Waals surface area contributed by atoms with Crippen molar-refractivity contribution in [1.29, 1.82) is 0 Å². The Morgan fingerprint density at radius 3 is 2.33 bits per heavy atom. The molecule has 0 spiro atoms. The van der Waals surface area contributed by atoms with E-state index in [1.807, 2.05) is 0 Å². The molecule has 0 bridgehead atoms. The Morgan fingerprint density at radius 1 is 1.50 bits per heavy atom. The summed E-state index contributed by atoms with van der Waals surface area (Å²) in [6.07, 6.45) is 0.536. The molecule has 0 heterocycles. The summed E-state index contributed by atoms with van der Waals surface area (Å²) in [5, 5.41) is 8.45. The van der Waals surface area contributed by atoms with Crippen LogP contribution in [-0.2, 0) is 14.6 Å². The van der Waals surface area contributed by atoms with E-state index in [9.17, 15) is 13.2 Å². The molecule has 0 aliphatic carbocycles. The second-order valence-corrected chi connectivity index (χ2v) is 5.08. The number of sulfone groups is 1. The van der Waals surface area contributed by atoms with E-state index >= 15 is 0 Å². The molecule has 0 aliphatic rings.